The molecule has 2 aromatic rings. The number of carbonyl (C=O) groups is 2. The Morgan fingerprint density at radius 2 is 1.72 bits per heavy atom. The van der Waals surface area contributed by atoms with Crippen LogP contribution in [0.4, 0.5) is 15.8 Å². The third kappa shape index (κ3) is 5.00. The van der Waals surface area contributed by atoms with Gasteiger partial charge in [0.15, 0.2) is 6.61 Å². The smallest absolute Gasteiger partial charge is 0.340 e. The van der Waals surface area contributed by atoms with E-state index in [1.54, 1.807) is 0 Å². The number of non-ortho nitro benzene ring substituents is 1. The van der Waals surface area contributed by atoms with Gasteiger partial charge in [0.25, 0.3) is 11.6 Å². The number of hydrogen-bond acceptors (Lipinski definition) is 8. The molecule has 1 fully saturated rings. The summed E-state index contributed by atoms with van der Waals surface area (Å²) in [5.74, 6) is -2.00. The molecule has 0 atom stereocenters. The van der Waals surface area contributed by atoms with Crippen LogP contribution in [0, 0.1) is 15.9 Å². The Labute approximate surface area is 182 Å². The zero-order chi connectivity index (χ0) is 23.5. The van der Waals surface area contributed by atoms with Gasteiger partial charge in [0.1, 0.15) is 5.82 Å². The number of esters is 1. The number of sulfonamides is 1. The number of piperazine rings is 1. The topological polar surface area (TPSA) is 153 Å². The lowest BCUT2D eigenvalue weighted by Crippen LogP contribution is -2.51. The second-order valence-corrected chi connectivity index (χ2v) is 8.78. The summed E-state index contributed by atoms with van der Waals surface area (Å²) in [6, 6.07) is 7.70. The fourth-order valence-electron chi connectivity index (χ4n) is 3.08. The van der Waals surface area contributed by atoms with Crippen molar-refractivity contribution < 1.29 is 32.1 Å². The van der Waals surface area contributed by atoms with E-state index in [1.807, 2.05) is 0 Å². The second-order valence-electron chi connectivity index (χ2n) is 6.84. The number of nitrogens with two attached hydrogens (primary N) is 1. The van der Waals surface area contributed by atoms with Gasteiger partial charge in [0.05, 0.1) is 21.1 Å². The Morgan fingerprint density at radius 1 is 1.09 bits per heavy atom. The molecule has 0 aliphatic carbocycles. The molecule has 13 heteroatoms. The van der Waals surface area contributed by atoms with Crippen LogP contribution in [-0.4, -0.2) is 67.2 Å². The van der Waals surface area contributed by atoms with Crippen LogP contribution in [0.2, 0.25) is 0 Å². The maximum atomic E-state index is 13.0. The van der Waals surface area contributed by atoms with Crippen LogP contribution in [0.3, 0.4) is 0 Å². The van der Waals surface area contributed by atoms with Gasteiger partial charge in [0, 0.05) is 38.3 Å². The first-order valence-corrected chi connectivity index (χ1v) is 10.8. The van der Waals surface area contributed by atoms with Crippen LogP contribution < -0.4 is 5.73 Å². The SMILES string of the molecule is Nc1cc([N+](=O)[O-])ccc1C(=O)OCC(=O)N1CCN(S(=O)(=O)c2ccc(F)cc2)CC1. The van der Waals surface area contributed by atoms with Crippen molar-refractivity contribution in [3.63, 3.8) is 0 Å². The fourth-order valence-corrected chi connectivity index (χ4v) is 4.50. The number of nitrogen functional groups attached to an aromatic ring is 1. The highest BCUT2D eigenvalue weighted by atomic mass is 32.2. The van der Waals surface area contributed by atoms with Crippen molar-refractivity contribution in [2.45, 2.75) is 4.90 Å². The molecule has 0 unspecified atom stereocenters. The largest absolute Gasteiger partial charge is 0.452 e. The van der Waals surface area contributed by atoms with Crippen molar-refractivity contribution in [3.05, 3.63) is 64.0 Å². The summed E-state index contributed by atoms with van der Waals surface area (Å²) < 4.78 is 44.4. The summed E-state index contributed by atoms with van der Waals surface area (Å²) in [7, 11) is -3.82. The standard InChI is InChI=1S/C19H19FN4O7S/c20-13-1-4-15(5-2-13)32(29,30)23-9-7-22(8-10-23)18(25)12-31-19(26)16-6-3-14(24(27)28)11-17(16)21/h1-6,11H,7-10,12,21H2. The minimum absolute atomic E-state index is 0.0225. The number of hydrogen-bond donors (Lipinski definition) is 1. The van der Waals surface area contributed by atoms with E-state index in [1.165, 1.54) is 21.3 Å². The highest BCUT2D eigenvalue weighted by molar-refractivity contribution is 7.89. The van der Waals surface area contributed by atoms with Gasteiger partial charge in [-0.1, -0.05) is 0 Å². The van der Waals surface area contributed by atoms with E-state index in [-0.39, 0.29) is 48.0 Å². The van der Waals surface area contributed by atoms with Crippen molar-refractivity contribution >= 4 is 33.3 Å². The fraction of sp³-hybridized carbons (Fsp3) is 0.263. The molecule has 1 heterocycles. The van der Waals surface area contributed by atoms with E-state index in [0.29, 0.717) is 0 Å². The molecule has 1 amide bonds. The highest BCUT2D eigenvalue weighted by Gasteiger charge is 2.30. The molecule has 0 spiro atoms. The minimum atomic E-state index is -3.82. The number of carbonyl (C=O) groups excluding carboxylic acids is 2. The lowest BCUT2D eigenvalue weighted by molar-refractivity contribution is -0.384. The summed E-state index contributed by atoms with van der Waals surface area (Å²) in [4.78, 5) is 35.9. The van der Waals surface area contributed by atoms with Gasteiger partial charge in [0.2, 0.25) is 10.0 Å². The van der Waals surface area contributed by atoms with E-state index in [4.69, 9.17) is 10.5 Å². The van der Waals surface area contributed by atoms with Crippen molar-refractivity contribution in [1.82, 2.24) is 9.21 Å². The molecule has 3 rings (SSSR count). The normalized spacial score (nSPS) is 14.7. The van der Waals surface area contributed by atoms with Gasteiger partial charge in [-0.05, 0) is 30.3 Å². The van der Waals surface area contributed by atoms with Crippen LogP contribution >= 0.6 is 0 Å². The third-order valence-electron chi connectivity index (χ3n) is 4.84. The number of nitro groups is 1. The summed E-state index contributed by atoms with van der Waals surface area (Å²) in [5.41, 5.74) is 5.08. The lowest BCUT2D eigenvalue weighted by atomic mass is 10.1. The predicted molar refractivity (Wildman–Crippen MR) is 110 cm³/mol. The molecule has 32 heavy (non-hydrogen) atoms. The Balaban J connectivity index is 1.54. The van der Waals surface area contributed by atoms with Crippen molar-refractivity contribution in [3.8, 4) is 0 Å². The average Bonchev–Trinajstić information content (AvgIpc) is 2.77. The van der Waals surface area contributed by atoms with Gasteiger partial charge in [-0.2, -0.15) is 4.31 Å². The molecule has 0 saturated carbocycles. The lowest BCUT2D eigenvalue weighted by Gasteiger charge is -2.33. The molecule has 1 aliphatic rings. The molecule has 2 aromatic carbocycles. The van der Waals surface area contributed by atoms with Gasteiger partial charge < -0.3 is 15.4 Å². The Hall–Kier alpha value is -3.58. The predicted octanol–water partition coefficient (Wildman–Crippen LogP) is 1.01. The van der Waals surface area contributed by atoms with E-state index in [0.717, 1.165) is 30.3 Å². The summed E-state index contributed by atoms with van der Waals surface area (Å²) in [5, 5.41) is 10.7. The molecule has 1 aliphatic heterocycles. The maximum Gasteiger partial charge on any atom is 0.340 e. The average molecular weight is 466 g/mol. The summed E-state index contributed by atoms with van der Waals surface area (Å²) >= 11 is 0. The molecule has 2 N–H and O–H groups in total. The van der Waals surface area contributed by atoms with Gasteiger partial charge in [-0.25, -0.2) is 17.6 Å². The van der Waals surface area contributed by atoms with Crippen molar-refractivity contribution in [2.75, 3.05) is 38.5 Å². The zero-order valence-corrected chi connectivity index (χ0v) is 17.5. The van der Waals surface area contributed by atoms with Gasteiger partial charge >= 0.3 is 5.97 Å². The molecular weight excluding hydrogens is 447 g/mol. The van der Waals surface area contributed by atoms with E-state index in [2.05, 4.69) is 0 Å². The maximum absolute atomic E-state index is 13.0. The Bertz CT molecular complexity index is 1150. The molecular formula is C19H19FN4O7S. The highest BCUT2D eigenvalue weighted by Crippen LogP contribution is 2.21. The number of ether oxygens (including phenoxy) is 1. The van der Waals surface area contributed by atoms with Crippen LogP contribution in [0.5, 0.6) is 0 Å². The van der Waals surface area contributed by atoms with Crippen molar-refractivity contribution in [1.29, 1.82) is 0 Å². The second kappa shape index (κ2) is 9.28. The quantitative estimate of drug-likeness (QED) is 0.286. The molecule has 0 radical (unpaired) electrons. The first kappa shape index (κ1) is 23.1. The summed E-state index contributed by atoms with van der Waals surface area (Å²) in [6.45, 7) is -0.393. The first-order chi connectivity index (χ1) is 15.1. The Kier molecular flexibility index (Phi) is 6.69. The number of nitro benzene ring substituents is 1. The van der Waals surface area contributed by atoms with Crippen molar-refractivity contribution in [2.24, 2.45) is 0 Å². The summed E-state index contributed by atoms with van der Waals surface area (Å²) in [6.07, 6.45) is 0. The molecule has 170 valence electrons. The number of halogens is 1. The third-order valence-corrected chi connectivity index (χ3v) is 6.75. The number of nitrogens with zero attached hydrogens (tertiary/aromatic N) is 3. The van der Waals surface area contributed by atoms with Crippen LogP contribution in [-0.2, 0) is 19.6 Å². The Morgan fingerprint density at radius 3 is 2.28 bits per heavy atom. The number of amides is 1. The van der Waals surface area contributed by atoms with Gasteiger partial charge in [-0.3, -0.25) is 14.9 Å². The van der Waals surface area contributed by atoms with E-state index < -0.39 is 39.2 Å². The first-order valence-electron chi connectivity index (χ1n) is 9.34. The number of benzene rings is 2. The van der Waals surface area contributed by atoms with E-state index >= 15 is 0 Å². The van der Waals surface area contributed by atoms with Crippen LogP contribution in [0.25, 0.3) is 0 Å². The molecule has 11 nitrogen and oxygen atoms in total. The number of rotatable bonds is 6. The number of anilines is 1. The zero-order valence-electron chi connectivity index (χ0n) is 16.6. The van der Waals surface area contributed by atoms with Crippen LogP contribution in [0.15, 0.2) is 47.4 Å². The molecule has 1 saturated heterocycles. The minimum Gasteiger partial charge on any atom is -0.452 e. The molecule has 0 aromatic heterocycles. The van der Waals surface area contributed by atoms with E-state index in [9.17, 15) is 32.5 Å². The molecule has 0 bridgehead atoms. The van der Waals surface area contributed by atoms with Crippen LogP contribution in [0.1, 0.15) is 10.4 Å². The monoisotopic (exact) mass is 466 g/mol. The van der Waals surface area contributed by atoms with Gasteiger partial charge in [-0.15, -0.1) is 0 Å².